The molecule has 0 aromatic heterocycles. The highest BCUT2D eigenvalue weighted by Crippen LogP contribution is 2.13. The molecule has 2 aromatic carbocycles. The Kier molecular flexibility index (Phi) is 22.1. The van der Waals surface area contributed by atoms with Crippen molar-refractivity contribution in [2.75, 3.05) is 6.54 Å². The largest absolute Gasteiger partial charge is 0.550 e. The summed E-state index contributed by atoms with van der Waals surface area (Å²) in [6.45, 7) is 1.55. The molecule has 0 aliphatic rings. The van der Waals surface area contributed by atoms with Gasteiger partial charge >= 0.3 is 5.96 Å². The first-order valence-corrected chi connectivity index (χ1v) is 14.0. The Hall–Kier alpha value is -4.22. The van der Waals surface area contributed by atoms with Crippen molar-refractivity contribution in [2.24, 2.45) is 17.2 Å². The van der Waals surface area contributed by atoms with Crippen LogP contribution in [0.5, 0.6) is 0 Å². The molecule has 17 heteroatoms. The number of hydrogen-bond donors (Lipinski definition) is 7. The van der Waals surface area contributed by atoms with Gasteiger partial charge < -0.3 is 31.6 Å². The highest BCUT2D eigenvalue weighted by molar-refractivity contribution is 7.59. The fourth-order valence-electron chi connectivity index (χ4n) is 4.32. The predicted octanol–water partition coefficient (Wildman–Crippen LogP) is -3.19. The van der Waals surface area contributed by atoms with Crippen LogP contribution in [0.15, 0.2) is 54.6 Å². The summed E-state index contributed by atoms with van der Waals surface area (Å²) in [5.74, 6) is -4.30. The van der Waals surface area contributed by atoms with Crippen molar-refractivity contribution in [2.45, 2.75) is 63.6 Å². The van der Waals surface area contributed by atoms with Crippen LogP contribution in [0.1, 0.15) is 60.5 Å². The second-order valence-electron chi connectivity index (χ2n) is 10.2. The molecule has 0 heterocycles. The lowest BCUT2D eigenvalue weighted by atomic mass is 9.99. The van der Waals surface area contributed by atoms with E-state index in [1.165, 1.54) is 6.92 Å². The molecule has 0 fully saturated rings. The van der Waals surface area contributed by atoms with Crippen molar-refractivity contribution in [1.29, 1.82) is 0 Å². The summed E-state index contributed by atoms with van der Waals surface area (Å²) >= 11 is 0. The molecule has 47 heavy (non-hydrogen) atoms. The molecule has 260 valence electrons. The van der Waals surface area contributed by atoms with Crippen LogP contribution < -0.4 is 43.3 Å². The SMILES string of the molecule is CC(=O)N[C@@H](CCC[NH+]=C(N)N)C(=O)N[C@@H](CCCC(=O)[O-])C(=O)N[C@@H](Cc1ccc(C(=O)c2ccccc2)cc1)C(N)=O.S.S.S. The normalized spacial score (nSPS) is 11.8. The zero-order chi connectivity index (χ0) is 32.6. The van der Waals surface area contributed by atoms with Gasteiger partial charge in [0, 0.05) is 30.4 Å². The van der Waals surface area contributed by atoms with E-state index in [4.69, 9.17) is 17.2 Å². The predicted molar refractivity (Wildman–Crippen MR) is 189 cm³/mol. The van der Waals surface area contributed by atoms with E-state index in [-0.39, 0.29) is 84.3 Å². The summed E-state index contributed by atoms with van der Waals surface area (Å²) in [6.07, 6.45) is 0.0662. The maximum absolute atomic E-state index is 13.3. The number of carbonyl (C=O) groups excluding carboxylic acids is 6. The van der Waals surface area contributed by atoms with Crippen LogP contribution >= 0.6 is 40.5 Å². The number of primary amides is 1. The number of carboxylic acid groups (broad SMARTS) is 1. The maximum atomic E-state index is 13.3. The molecule has 0 aliphatic carbocycles. The van der Waals surface area contributed by atoms with Gasteiger partial charge in [-0.3, -0.25) is 40.4 Å². The Morgan fingerprint density at radius 2 is 1.23 bits per heavy atom. The van der Waals surface area contributed by atoms with Crippen molar-refractivity contribution >= 4 is 81.8 Å². The molecule has 0 bridgehead atoms. The first-order valence-electron chi connectivity index (χ1n) is 14.0. The molecule has 0 aliphatic heterocycles. The number of aliphatic carboxylic acids is 1. The second-order valence-corrected chi connectivity index (χ2v) is 10.2. The van der Waals surface area contributed by atoms with E-state index in [2.05, 4.69) is 20.9 Å². The van der Waals surface area contributed by atoms with Crippen molar-refractivity contribution in [3.63, 3.8) is 0 Å². The average molecular weight is 712 g/mol. The highest BCUT2D eigenvalue weighted by Gasteiger charge is 2.28. The van der Waals surface area contributed by atoms with Gasteiger partial charge in [-0.2, -0.15) is 40.5 Å². The molecule has 14 nitrogen and oxygen atoms in total. The number of benzene rings is 2. The van der Waals surface area contributed by atoms with Crippen LogP contribution in [0.4, 0.5) is 0 Å². The molecule has 0 spiro atoms. The molecule has 2 aromatic rings. The summed E-state index contributed by atoms with van der Waals surface area (Å²) < 4.78 is 0. The zero-order valence-electron chi connectivity index (χ0n) is 26.0. The van der Waals surface area contributed by atoms with E-state index in [0.717, 1.165) is 0 Å². The van der Waals surface area contributed by atoms with Gasteiger partial charge in [0.2, 0.25) is 23.6 Å². The van der Waals surface area contributed by atoms with Crippen molar-refractivity contribution < 1.29 is 38.9 Å². The van der Waals surface area contributed by atoms with Gasteiger partial charge in [0.25, 0.3) is 0 Å². The Bertz CT molecular complexity index is 1360. The van der Waals surface area contributed by atoms with Crippen molar-refractivity contribution in [3.05, 3.63) is 71.3 Å². The van der Waals surface area contributed by atoms with E-state index >= 15 is 0 Å². The van der Waals surface area contributed by atoms with Crippen LogP contribution in [0, 0.1) is 0 Å². The van der Waals surface area contributed by atoms with Gasteiger partial charge in [-0.1, -0.05) is 54.6 Å². The molecule has 0 saturated carbocycles. The summed E-state index contributed by atoms with van der Waals surface area (Å²) in [5.41, 5.74) is 17.9. The summed E-state index contributed by atoms with van der Waals surface area (Å²) in [6, 6.07) is 11.7. The molecule has 4 amide bonds. The first kappa shape index (κ1) is 44.9. The Morgan fingerprint density at radius 3 is 1.74 bits per heavy atom. The Balaban J connectivity index is 0. The van der Waals surface area contributed by atoms with E-state index in [0.29, 0.717) is 29.7 Å². The number of nitrogens with one attached hydrogen (secondary N) is 4. The summed E-state index contributed by atoms with van der Waals surface area (Å²) in [5, 5.41) is 18.6. The lowest BCUT2D eigenvalue weighted by molar-refractivity contribution is -0.459. The maximum Gasteiger partial charge on any atom is 0.338 e. The number of nitrogens with two attached hydrogens (primary N) is 3. The minimum atomic E-state index is -1.33. The number of guanidine groups is 1. The minimum Gasteiger partial charge on any atom is -0.550 e. The minimum absolute atomic E-state index is 0. The lowest BCUT2D eigenvalue weighted by Gasteiger charge is -2.25. The fraction of sp³-hybridized carbons (Fsp3) is 0.367. The van der Waals surface area contributed by atoms with Crippen LogP contribution in [0.25, 0.3) is 0 Å². The van der Waals surface area contributed by atoms with E-state index in [1.54, 1.807) is 54.6 Å². The van der Waals surface area contributed by atoms with Crippen molar-refractivity contribution in [1.82, 2.24) is 16.0 Å². The molecule has 10 N–H and O–H groups in total. The first-order chi connectivity index (χ1) is 20.9. The van der Waals surface area contributed by atoms with Crippen LogP contribution in [0.2, 0.25) is 0 Å². The molecule has 3 atom stereocenters. The van der Waals surface area contributed by atoms with Gasteiger partial charge in [0.15, 0.2) is 5.78 Å². The molecule has 2 rings (SSSR count). The third-order valence-electron chi connectivity index (χ3n) is 6.55. The monoisotopic (exact) mass is 711 g/mol. The van der Waals surface area contributed by atoms with Crippen LogP contribution in [-0.2, 0) is 30.4 Å². The quantitative estimate of drug-likeness (QED) is 0.0356. The third kappa shape index (κ3) is 16.8. The number of carboxylic acids is 1. The van der Waals surface area contributed by atoms with Gasteiger partial charge in [-0.05, 0) is 37.7 Å². The molecular weight excluding hydrogens is 667 g/mol. The number of ketones is 1. The third-order valence-corrected chi connectivity index (χ3v) is 6.55. The van der Waals surface area contributed by atoms with Crippen LogP contribution in [-0.4, -0.2) is 66.0 Å². The zero-order valence-corrected chi connectivity index (χ0v) is 29.0. The summed E-state index contributed by atoms with van der Waals surface area (Å²) in [7, 11) is 0. The van der Waals surface area contributed by atoms with E-state index in [9.17, 15) is 33.9 Å². The lowest BCUT2D eigenvalue weighted by Crippen LogP contribution is -2.78. The van der Waals surface area contributed by atoms with Gasteiger partial charge in [-0.15, -0.1) is 0 Å². The number of amides is 4. The Labute approximate surface area is 294 Å². The number of hydrogen-bond acceptors (Lipinski definition) is 7. The summed E-state index contributed by atoms with van der Waals surface area (Å²) in [4.78, 5) is 76.7. The highest BCUT2D eigenvalue weighted by atomic mass is 32.1. The number of carbonyl (C=O) groups is 6. The van der Waals surface area contributed by atoms with E-state index in [1.807, 2.05) is 0 Å². The Morgan fingerprint density at radius 1 is 0.723 bits per heavy atom. The van der Waals surface area contributed by atoms with E-state index < -0.39 is 47.7 Å². The number of rotatable bonds is 18. The standard InChI is InChI=1S/C30H39N7O7.3H2S/c1-18(38)35-22(10-6-16-34-30(32)33)28(43)36-23(9-5-11-25(39)40)29(44)37-24(27(31)42)17-19-12-14-21(15-13-19)26(41)20-7-3-2-4-8-20;;;/h2-4,7-8,12-15,22-24H,5-6,9-11,16-17H2,1H3,(H2,31,42)(H,35,38)(H,36,43)(H,37,44)(H,39,40)(H4,32,33,34);3*1H2/t22-,23-,24-;;;/m0.../s1. The second kappa shape index (κ2) is 23.2. The van der Waals surface area contributed by atoms with Crippen LogP contribution in [0.3, 0.4) is 0 Å². The van der Waals surface area contributed by atoms with Gasteiger partial charge in [-0.25, -0.2) is 0 Å². The molecule has 0 unspecified atom stereocenters. The average Bonchev–Trinajstić information content (AvgIpc) is 2.97. The molecule has 0 saturated heterocycles. The molecular formula is C30H45N7O7S3. The smallest absolute Gasteiger partial charge is 0.338 e. The molecule has 0 radical (unpaired) electrons. The van der Waals surface area contributed by atoms with Gasteiger partial charge in [0.05, 0.1) is 6.54 Å². The van der Waals surface area contributed by atoms with Gasteiger partial charge in [0.1, 0.15) is 18.1 Å². The topological polar surface area (TPSA) is 254 Å². The fourth-order valence-corrected chi connectivity index (χ4v) is 4.32. The van der Waals surface area contributed by atoms with Crippen molar-refractivity contribution in [3.8, 4) is 0 Å².